The van der Waals surface area contributed by atoms with Gasteiger partial charge in [0.1, 0.15) is 0 Å². The number of sulfone groups is 1. The minimum absolute atomic E-state index is 0.0132. The summed E-state index contributed by atoms with van der Waals surface area (Å²) in [4.78, 5) is 12.3. The molecule has 2 fully saturated rings. The Bertz CT molecular complexity index is 1000. The predicted molar refractivity (Wildman–Crippen MR) is 115 cm³/mol. The summed E-state index contributed by atoms with van der Waals surface area (Å²) in [6.45, 7) is 1.36. The molecule has 0 saturated carbocycles. The zero-order valence-electron chi connectivity index (χ0n) is 16.3. The van der Waals surface area contributed by atoms with Crippen LogP contribution < -0.4 is 5.32 Å². The smallest absolute Gasteiger partial charge is 0.230 e. The summed E-state index contributed by atoms with van der Waals surface area (Å²) < 4.78 is 30.9. The first-order valence-corrected chi connectivity index (χ1v) is 13.0. The normalized spacial score (nSPS) is 23.0. The van der Waals surface area contributed by atoms with E-state index in [1.165, 1.54) is 11.8 Å². The van der Waals surface area contributed by atoms with Crippen molar-refractivity contribution in [2.75, 3.05) is 23.9 Å². The zero-order valence-corrected chi connectivity index (χ0v) is 18.7. The Morgan fingerprint density at radius 2 is 2.07 bits per heavy atom. The summed E-state index contributed by atoms with van der Waals surface area (Å²) in [5, 5.41) is 12.7. The second-order valence-electron chi connectivity index (χ2n) is 7.51. The molecular weight excluding hydrogens is 448 g/mol. The van der Waals surface area contributed by atoms with Crippen LogP contribution in [-0.4, -0.2) is 65.1 Å². The number of hydrogen-bond donors (Lipinski definition) is 1. The Labute approximate surface area is 184 Å². The molecule has 11 heteroatoms. The second kappa shape index (κ2) is 9.25. The number of rotatable bonds is 7. The van der Waals surface area contributed by atoms with Gasteiger partial charge in [0, 0.05) is 23.2 Å². The fraction of sp³-hybridized carbons (Fsp3) is 0.526. The van der Waals surface area contributed by atoms with E-state index < -0.39 is 9.84 Å². The summed E-state index contributed by atoms with van der Waals surface area (Å²) >= 11 is 7.29. The van der Waals surface area contributed by atoms with Gasteiger partial charge in [0.25, 0.3) is 0 Å². The van der Waals surface area contributed by atoms with E-state index >= 15 is 0 Å². The number of carbonyl (C=O) groups is 1. The van der Waals surface area contributed by atoms with Crippen LogP contribution in [0.25, 0.3) is 11.4 Å². The molecule has 2 atom stereocenters. The van der Waals surface area contributed by atoms with Crippen molar-refractivity contribution in [2.24, 2.45) is 0 Å². The molecule has 0 spiro atoms. The molecule has 1 aromatic carbocycles. The molecule has 0 bridgehead atoms. The van der Waals surface area contributed by atoms with Crippen molar-refractivity contribution in [3.63, 3.8) is 0 Å². The Kier molecular flexibility index (Phi) is 6.66. The van der Waals surface area contributed by atoms with Crippen molar-refractivity contribution in [3.8, 4) is 11.4 Å². The fourth-order valence-electron chi connectivity index (χ4n) is 3.67. The Balaban J connectivity index is 1.46. The van der Waals surface area contributed by atoms with Gasteiger partial charge in [-0.3, -0.25) is 9.36 Å². The average molecular weight is 471 g/mol. The lowest BCUT2D eigenvalue weighted by atomic mass is 10.2. The third kappa shape index (κ3) is 5.35. The highest BCUT2D eigenvalue weighted by Gasteiger charge is 2.29. The van der Waals surface area contributed by atoms with Crippen molar-refractivity contribution in [2.45, 2.75) is 43.1 Å². The van der Waals surface area contributed by atoms with Gasteiger partial charge < -0.3 is 10.1 Å². The van der Waals surface area contributed by atoms with E-state index in [2.05, 4.69) is 15.5 Å². The maximum atomic E-state index is 12.3. The predicted octanol–water partition coefficient (Wildman–Crippen LogP) is 2.17. The van der Waals surface area contributed by atoms with Crippen molar-refractivity contribution in [1.29, 1.82) is 0 Å². The van der Waals surface area contributed by atoms with Crippen LogP contribution in [0.5, 0.6) is 0 Å². The number of nitrogens with one attached hydrogen (secondary N) is 1. The first kappa shape index (κ1) is 21.6. The summed E-state index contributed by atoms with van der Waals surface area (Å²) in [7, 11) is -3.03. The highest BCUT2D eigenvalue weighted by atomic mass is 35.5. The number of ether oxygens (including phenoxy) is 1. The number of amides is 1. The van der Waals surface area contributed by atoms with E-state index in [0.29, 0.717) is 29.0 Å². The highest BCUT2D eigenvalue weighted by Crippen LogP contribution is 2.27. The van der Waals surface area contributed by atoms with Crippen LogP contribution in [0.4, 0.5) is 0 Å². The van der Waals surface area contributed by atoms with Crippen LogP contribution in [0.15, 0.2) is 29.4 Å². The molecule has 2 aliphatic heterocycles. The van der Waals surface area contributed by atoms with Crippen LogP contribution in [0, 0.1) is 0 Å². The van der Waals surface area contributed by atoms with Gasteiger partial charge in [-0.05, 0) is 43.5 Å². The van der Waals surface area contributed by atoms with Gasteiger partial charge in [-0.25, -0.2) is 8.42 Å². The fourth-order valence-corrected chi connectivity index (χ4v) is 6.23. The van der Waals surface area contributed by atoms with Gasteiger partial charge in [0.05, 0.1) is 29.9 Å². The molecule has 3 heterocycles. The van der Waals surface area contributed by atoms with Gasteiger partial charge in [-0.15, -0.1) is 10.2 Å². The largest absolute Gasteiger partial charge is 0.376 e. The van der Waals surface area contributed by atoms with Gasteiger partial charge in [0.2, 0.25) is 5.91 Å². The minimum atomic E-state index is -3.03. The van der Waals surface area contributed by atoms with Crippen molar-refractivity contribution >= 4 is 39.1 Å². The molecule has 2 saturated heterocycles. The van der Waals surface area contributed by atoms with E-state index in [1.807, 2.05) is 16.7 Å². The average Bonchev–Trinajstić information content (AvgIpc) is 3.42. The van der Waals surface area contributed by atoms with Crippen molar-refractivity contribution in [1.82, 2.24) is 20.1 Å². The molecule has 0 aliphatic carbocycles. The lowest BCUT2D eigenvalue weighted by Crippen LogP contribution is -2.36. The molecule has 2 aromatic rings. The number of hydrogen-bond acceptors (Lipinski definition) is 7. The highest BCUT2D eigenvalue weighted by molar-refractivity contribution is 7.99. The summed E-state index contributed by atoms with van der Waals surface area (Å²) in [6, 6.07) is 7.08. The summed E-state index contributed by atoms with van der Waals surface area (Å²) in [6.07, 6.45) is 2.55. The number of nitrogens with zero attached hydrogens (tertiary/aromatic N) is 3. The van der Waals surface area contributed by atoms with E-state index in [9.17, 15) is 13.2 Å². The summed E-state index contributed by atoms with van der Waals surface area (Å²) in [5.41, 5.74) is 0.886. The maximum absolute atomic E-state index is 12.3. The van der Waals surface area contributed by atoms with Gasteiger partial charge >= 0.3 is 0 Å². The SMILES string of the molecule is O=C(CSc1nnc(-c2ccc(Cl)cc2)n1C[C@H]1CCCO1)N[C@H]1CCS(=O)(=O)C1. The first-order chi connectivity index (χ1) is 14.4. The van der Waals surface area contributed by atoms with Gasteiger partial charge in [0.15, 0.2) is 20.8 Å². The molecule has 8 nitrogen and oxygen atoms in total. The number of aromatic nitrogens is 3. The molecule has 1 N–H and O–H groups in total. The number of thioether (sulfide) groups is 1. The van der Waals surface area contributed by atoms with E-state index in [4.69, 9.17) is 16.3 Å². The molecule has 0 radical (unpaired) electrons. The first-order valence-electron chi connectivity index (χ1n) is 9.83. The third-order valence-corrected chi connectivity index (χ3v) is 8.15. The van der Waals surface area contributed by atoms with Gasteiger partial charge in [-0.2, -0.15) is 0 Å². The molecule has 1 aromatic heterocycles. The van der Waals surface area contributed by atoms with Crippen molar-refractivity contribution < 1.29 is 17.9 Å². The van der Waals surface area contributed by atoms with Crippen LogP contribution in [0.2, 0.25) is 5.02 Å². The molecule has 4 rings (SSSR count). The standard InChI is InChI=1S/C19H23ClN4O4S2/c20-14-5-3-13(4-6-14)18-22-23-19(24(18)10-16-2-1-8-28-16)29-11-17(25)21-15-7-9-30(26,27)12-15/h3-6,15-16H,1-2,7-12H2,(H,21,25)/t15-,16+/m0/s1. The van der Waals surface area contributed by atoms with Crippen LogP contribution >= 0.6 is 23.4 Å². The minimum Gasteiger partial charge on any atom is -0.376 e. The summed E-state index contributed by atoms with van der Waals surface area (Å²) in [5.74, 6) is 0.777. The number of halogens is 1. The van der Waals surface area contributed by atoms with E-state index in [1.54, 1.807) is 12.1 Å². The van der Waals surface area contributed by atoms with E-state index in [-0.39, 0.29) is 35.3 Å². The Morgan fingerprint density at radius 1 is 1.27 bits per heavy atom. The van der Waals surface area contributed by atoms with Crippen LogP contribution in [0.3, 0.4) is 0 Å². The molecule has 162 valence electrons. The third-order valence-electron chi connectivity index (χ3n) is 5.16. The lowest BCUT2D eigenvalue weighted by molar-refractivity contribution is -0.119. The number of carbonyl (C=O) groups excluding carboxylic acids is 1. The van der Waals surface area contributed by atoms with Gasteiger partial charge in [-0.1, -0.05) is 23.4 Å². The molecular formula is C19H23ClN4O4S2. The maximum Gasteiger partial charge on any atom is 0.230 e. The lowest BCUT2D eigenvalue weighted by Gasteiger charge is -2.15. The zero-order chi connectivity index (χ0) is 21.1. The van der Waals surface area contributed by atoms with Crippen molar-refractivity contribution in [3.05, 3.63) is 29.3 Å². The quantitative estimate of drug-likeness (QED) is 0.618. The van der Waals surface area contributed by atoms with Crippen LogP contribution in [-0.2, 0) is 25.9 Å². The monoisotopic (exact) mass is 470 g/mol. The molecule has 1 amide bonds. The molecule has 0 unspecified atom stereocenters. The van der Waals surface area contributed by atoms with Crippen LogP contribution in [0.1, 0.15) is 19.3 Å². The topological polar surface area (TPSA) is 103 Å². The molecule has 2 aliphatic rings. The Hall–Kier alpha value is -1.62. The van der Waals surface area contributed by atoms with E-state index in [0.717, 1.165) is 25.0 Å². The second-order valence-corrected chi connectivity index (χ2v) is 11.1. The Morgan fingerprint density at radius 3 is 2.73 bits per heavy atom. The molecule has 30 heavy (non-hydrogen) atoms. The number of benzene rings is 1.